The number of nitrogens with one attached hydrogen (secondary N) is 1. The second-order valence-electron chi connectivity index (χ2n) is 7.08. The number of aromatic nitrogens is 4. The zero-order valence-electron chi connectivity index (χ0n) is 16.6. The summed E-state index contributed by atoms with van der Waals surface area (Å²) in [7, 11) is 3.20. The van der Waals surface area contributed by atoms with Crippen molar-refractivity contribution >= 4 is 17.1 Å². The number of carbonyl (C=O) groups is 1. The molecule has 4 rings (SSSR count). The lowest BCUT2D eigenvalue weighted by Crippen LogP contribution is -2.44. The molecule has 0 saturated carbocycles. The number of fused-ring (bicyclic) bond motifs is 1. The van der Waals surface area contributed by atoms with E-state index in [4.69, 9.17) is 0 Å². The number of rotatable bonds is 5. The molecule has 0 atom stereocenters. The molecule has 0 aliphatic rings. The molecule has 0 spiro atoms. The van der Waals surface area contributed by atoms with Gasteiger partial charge in [0.15, 0.2) is 11.2 Å². The quantitative estimate of drug-likeness (QED) is 0.544. The summed E-state index contributed by atoms with van der Waals surface area (Å²) in [4.78, 5) is 42.5. The van der Waals surface area contributed by atoms with E-state index in [2.05, 4.69) is 10.3 Å². The van der Waals surface area contributed by atoms with E-state index in [0.717, 1.165) is 15.7 Å². The Balaban J connectivity index is 1.69. The van der Waals surface area contributed by atoms with Gasteiger partial charge in [0.05, 0.1) is 12.4 Å². The Kier molecular flexibility index (Phi) is 5.05. The SMILES string of the molecule is Cn1cnc2c1c(=O)n(CC(=O)NC(c1ccccc1)c1ccccc1)c(=O)n2C. The number of amides is 1. The highest BCUT2D eigenvalue weighted by Crippen LogP contribution is 2.21. The van der Waals surface area contributed by atoms with Crippen LogP contribution in [-0.2, 0) is 25.4 Å². The topological polar surface area (TPSA) is 90.9 Å². The van der Waals surface area contributed by atoms with Gasteiger partial charge < -0.3 is 9.88 Å². The van der Waals surface area contributed by atoms with E-state index in [-0.39, 0.29) is 17.7 Å². The van der Waals surface area contributed by atoms with Crippen molar-refractivity contribution in [3.8, 4) is 0 Å². The number of hydrogen-bond donors (Lipinski definition) is 1. The summed E-state index contributed by atoms with van der Waals surface area (Å²) in [5.74, 6) is -0.437. The zero-order chi connectivity index (χ0) is 21.3. The molecule has 30 heavy (non-hydrogen) atoms. The van der Waals surface area contributed by atoms with Gasteiger partial charge in [0.2, 0.25) is 5.91 Å². The number of hydrogen-bond acceptors (Lipinski definition) is 4. The summed E-state index contributed by atoms with van der Waals surface area (Å²) >= 11 is 0. The standard InChI is InChI=1S/C22H21N5O3/c1-25-14-23-20-19(25)21(29)27(22(30)26(20)2)13-17(28)24-18(15-9-5-3-6-10-15)16-11-7-4-8-12-16/h3-12,14,18H,13H2,1-2H3,(H,24,28). The van der Waals surface area contributed by atoms with Crippen LogP contribution in [0.2, 0.25) is 0 Å². The molecule has 4 aromatic rings. The van der Waals surface area contributed by atoms with Gasteiger partial charge in [0.25, 0.3) is 5.56 Å². The van der Waals surface area contributed by atoms with Crippen LogP contribution in [0.25, 0.3) is 11.2 Å². The van der Waals surface area contributed by atoms with Crippen LogP contribution in [0.1, 0.15) is 17.2 Å². The second-order valence-corrected chi connectivity index (χ2v) is 7.08. The molecule has 0 bridgehead atoms. The maximum Gasteiger partial charge on any atom is 0.332 e. The molecule has 0 unspecified atom stereocenters. The molecule has 2 heterocycles. The van der Waals surface area contributed by atoms with E-state index in [1.165, 1.54) is 17.9 Å². The molecule has 0 saturated heterocycles. The molecule has 152 valence electrons. The lowest BCUT2D eigenvalue weighted by molar-refractivity contribution is -0.122. The summed E-state index contributed by atoms with van der Waals surface area (Å²) in [5.41, 5.74) is 1.23. The predicted molar refractivity (Wildman–Crippen MR) is 113 cm³/mol. The molecule has 0 radical (unpaired) electrons. The van der Waals surface area contributed by atoms with Crippen molar-refractivity contribution in [2.24, 2.45) is 14.1 Å². The molecule has 2 aromatic carbocycles. The first-order valence-electron chi connectivity index (χ1n) is 9.47. The van der Waals surface area contributed by atoms with Crippen molar-refractivity contribution in [3.63, 3.8) is 0 Å². The lowest BCUT2D eigenvalue weighted by Gasteiger charge is -2.20. The minimum absolute atomic E-state index is 0.271. The third kappa shape index (κ3) is 3.43. The van der Waals surface area contributed by atoms with Gasteiger partial charge in [0.1, 0.15) is 6.54 Å². The summed E-state index contributed by atoms with van der Waals surface area (Å²) in [5, 5.41) is 2.96. The van der Waals surface area contributed by atoms with Crippen molar-refractivity contribution in [1.29, 1.82) is 0 Å². The number of imidazole rings is 1. The van der Waals surface area contributed by atoms with Crippen LogP contribution in [0, 0.1) is 0 Å². The van der Waals surface area contributed by atoms with Crippen LogP contribution < -0.4 is 16.6 Å². The Morgan fingerprint density at radius 1 is 0.967 bits per heavy atom. The lowest BCUT2D eigenvalue weighted by atomic mass is 9.99. The van der Waals surface area contributed by atoms with Gasteiger partial charge in [-0.15, -0.1) is 0 Å². The van der Waals surface area contributed by atoms with Gasteiger partial charge in [-0.05, 0) is 11.1 Å². The molecule has 1 amide bonds. The number of benzene rings is 2. The third-order valence-corrected chi connectivity index (χ3v) is 5.07. The van der Waals surface area contributed by atoms with Gasteiger partial charge in [0, 0.05) is 14.1 Å². The fourth-order valence-corrected chi connectivity index (χ4v) is 3.54. The summed E-state index contributed by atoms with van der Waals surface area (Å²) in [6.07, 6.45) is 1.47. The van der Waals surface area contributed by atoms with E-state index in [1.807, 2.05) is 60.7 Å². The number of carbonyl (C=O) groups excluding carboxylic acids is 1. The van der Waals surface area contributed by atoms with Crippen LogP contribution in [0.4, 0.5) is 0 Å². The average molecular weight is 403 g/mol. The first kappa shape index (κ1) is 19.4. The Morgan fingerprint density at radius 2 is 1.53 bits per heavy atom. The Bertz CT molecular complexity index is 1280. The molecule has 8 nitrogen and oxygen atoms in total. The minimum atomic E-state index is -0.586. The largest absolute Gasteiger partial charge is 0.344 e. The second kappa shape index (κ2) is 7.82. The van der Waals surface area contributed by atoms with Crippen LogP contribution in [0.3, 0.4) is 0 Å². The van der Waals surface area contributed by atoms with Gasteiger partial charge in [-0.25, -0.2) is 14.3 Å². The Hall–Kier alpha value is -3.94. The number of aryl methyl sites for hydroxylation is 2. The van der Waals surface area contributed by atoms with E-state index < -0.39 is 23.2 Å². The van der Waals surface area contributed by atoms with Crippen LogP contribution in [0.15, 0.2) is 76.6 Å². The summed E-state index contributed by atoms with van der Waals surface area (Å²) < 4.78 is 3.75. The molecule has 1 N–H and O–H groups in total. The van der Waals surface area contributed by atoms with Crippen molar-refractivity contribution in [1.82, 2.24) is 24.0 Å². The molecular weight excluding hydrogens is 382 g/mol. The molecule has 0 fully saturated rings. The first-order chi connectivity index (χ1) is 14.5. The summed E-state index contributed by atoms with van der Waals surface area (Å²) in [6.45, 7) is -0.386. The highest BCUT2D eigenvalue weighted by atomic mass is 16.2. The maximum absolute atomic E-state index is 12.9. The monoisotopic (exact) mass is 403 g/mol. The number of nitrogens with zero attached hydrogens (tertiary/aromatic N) is 4. The predicted octanol–water partition coefficient (Wildman–Crippen LogP) is 1.34. The maximum atomic E-state index is 12.9. The Morgan fingerprint density at radius 3 is 2.10 bits per heavy atom. The molecule has 0 aliphatic heterocycles. The highest BCUT2D eigenvalue weighted by molar-refractivity contribution is 5.77. The smallest absolute Gasteiger partial charge is 0.332 e. The third-order valence-electron chi connectivity index (χ3n) is 5.07. The van der Waals surface area contributed by atoms with Crippen molar-refractivity contribution in [2.75, 3.05) is 0 Å². The van der Waals surface area contributed by atoms with Gasteiger partial charge in [-0.2, -0.15) is 0 Å². The molecule has 8 heteroatoms. The van der Waals surface area contributed by atoms with Gasteiger partial charge in [-0.3, -0.25) is 14.2 Å². The Labute approximate surface area is 172 Å². The fourth-order valence-electron chi connectivity index (χ4n) is 3.54. The van der Waals surface area contributed by atoms with Gasteiger partial charge in [-0.1, -0.05) is 60.7 Å². The zero-order valence-corrected chi connectivity index (χ0v) is 16.6. The van der Waals surface area contributed by atoms with Crippen LogP contribution in [-0.4, -0.2) is 24.6 Å². The minimum Gasteiger partial charge on any atom is -0.344 e. The van der Waals surface area contributed by atoms with E-state index >= 15 is 0 Å². The van der Waals surface area contributed by atoms with E-state index in [1.54, 1.807) is 11.6 Å². The van der Waals surface area contributed by atoms with E-state index in [9.17, 15) is 14.4 Å². The average Bonchev–Trinajstić information content (AvgIpc) is 3.16. The highest BCUT2D eigenvalue weighted by Gasteiger charge is 2.20. The fraction of sp³-hybridized carbons (Fsp3) is 0.182. The summed E-state index contributed by atoms with van der Waals surface area (Å²) in [6, 6.07) is 18.7. The van der Waals surface area contributed by atoms with Crippen LogP contribution >= 0.6 is 0 Å². The van der Waals surface area contributed by atoms with Crippen molar-refractivity contribution in [3.05, 3.63) is 99.0 Å². The normalized spacial score (nSPS) is 11.2. The van der Waals surface area contributed by atoms with Gasteiger partial charge >= 0.3 is 5.69 Å². The first-order valence-corrected chi connectivity index (χ1v) is 9.47. The van der Waals surface area contributed by atoms with Crippen molar-refractivity contribution in [2.45, 2.75) is 12.6 Å². The van der Waals surface area contributed by atoms with E-state index in [0.29, 0.717) is 0 Å². The van der Waals surface area contributed by atoms with Crippen LogP contribution in [0.5, 0.6) is 0 Å². The molecular formula is C22H21N5O3. The van der Waals surface area contributed by atoms with Crippen molar-refractivity contribution < 1.29 is 4.79 Å². The molecule has 2 aromatic heterocycles. The molecule has 0 aliphatic carbocycles.